The number of carbonyl (C=O) groups is 1. The first kappa shape index (κ1) is 42.9. The van der Waals surface area contributed by atoms with Gasteiger partial charge in [-0.25, -0.2) is 9.21 Å². The van der Waals surface area contributed by atoms with E-state index in [9.17, 15) is 61.0 Å². The van der Waals surface area contributed by atoms with Crippen LogP contribution in [0.1, 0.15) is 5.56 Å². The van der Waals surface area contributed by atoms with Gasteiger partial charge in [0.2, 0.25) is 24.1 Å². The second-order valence-electron chi connectivity index (χ2n) is 12.8. The fourth-order valence-electron chi connectivity index (χ4n) is 5.97. The predicted octanol–water partition coefficient (Wildman–Crippen LogP) is -3.16. The van der Waals surface area contributed by atoms with Crippen molar-refractivity contribution in [2.24, 2.45) is 0 Å². The number of aliphatic hydroxyl groups is 7. The Labute approximate surface area is 328 Å². The number of hydrogen-bond donors (Lipinski definition) is 11. The number of rotatable bonds is 11. The summed E-state index contributed by atoms with van der Waals surface area (Å²) in [4.78, 5) is 12.5. The summed E-state index contributed by atoms with van der Waals surface area (Å²) in [6.45, 7) is -1.38. The van der Waals surface area contributed by atoms with Crippen LogP contribution >= 0.6 is 0 Å². The van der Waals surface area contributed by atoms with Crippen LogP contribution in [0.5, 0.6) is 40.2 Å². The van der Waals surface area contributed by atoms with Crippen molar-refractivity contribution in [2.45, 2.75) is 61.4 Å². The average molecular weight is 823 g/mol. The number of methoxy groups -OCH3 is 1. The maximum absolute atomic E-state index is 12.5. The molecule has 2 saturated heterocycles. The van der Waals surface area contributed by atoms with Crippen molar-refractivity contribution in [3.63, 3.8) is 0 Å². The molecule has 20 heteroatoms. The molecular weight excluding hydrogens is 784 g/mol. The summed E-state index contributed by atoms with van der Waals surface area (Å²) < 4.78 is 39.5. The zero-order chi connectivity index (χ0) is 40.4. The van der Waals surface area contributed by atoms with Gasteiger partial charge in [-0.05, 0) is 23.8 Å². The van der Waals surface area contributed by atoms with Crippen LogP contribution < -0.4 is 26.6 Å². The number of esters is 1. The predicted molar refractivity (Wildman–Crippen MR) is 187 cm³/mol. The first-order valence-corrected chi connectivity index (χ1v) is 16.9. The molecule has 57 heavy (non-hydrogen) atoms. The minimum absolute atomic E-state index is 0. The number of fused-ring (bicyclic) bond motifs is 1. The number of halogens is 1. The van der Waals surface area contributed by atoms with E-state index in [2.05, 4.69) is 0 Å². The monoisotopic (exact) mass is 822 g/mol. The molecule has 0 spiro atoms. The van der Waals surface area contributed by atoms with Crippen molar-refractivity contribution in [3.8, 4) is 51.6 Å². The molecule has 0 aliphatic carbocycles. The van der Waals surface area contributed by atoms with Crippen molar-refractivity contribution < 1.29 is 106 Å². The van der Waals surface area contributed by atoms with Gasteiger partial charge in [-0.3, -0.25) is 0 Å². The van der Waals surface area contributed by atoms with Gasteiger partial charge in [0, 0.05) is 30.3 Å². The quantitative estimate of drug-likeness (QED) is 0.0308. The molecule has 4 aromatic rings. The lowest BCUT2D eigenvalue weighted by molar-refractivity contribution is -0.278. The van der Waals surface area contributed by atoms with Crippen LogP contribution in [0.2, 0.25) is 0 Å². The number of phenolic OH excluding ortho intramolecular Hbond substituents is 4. The Morgan fingerprint density at radius 1 is 0.737 bits per heavy atom. The van der Waals surface area contributed by atoms with Gasteiger partial charge in [-0.15, -0.1) is 0 Å². The molecule has 0 amide bonds. The van der Waals surface area contributed by atoms with Crippen molar-refractivity contribution in [1.29, 1.82) is 0 Å². The third-order valence-corrected chi connectivity index (χ3v) is 9.04. The van der Waals surface area contributed by atoms with Crippen LogP contribution in [0, 0.1) is 0 Å². The van der Waals surface area contributed by atoms with Gasteiger partial charge in [0.05, 0.1) is 25.3 Å². The van der Waals surface area contributed by atoms with E-state index in [1.165, 1.54) is 37.5 Å². The maximum atomic E-state index is 12.5. The lowest BCUT2D eigenvalue weighted by Gasteiger charge is -2.39. The van der Waals surface area contributed by atoms with E-state index >= 15 is 0 Å². The van der Waals surface area contributed by atoms with E-state index in [1.54, 1.807) is 12.1 Å². The van der Waals surface area contributed by atoms with Gasteiger partial charge in [0.15, 0.2) is 11.5 Å². The van der Waals surface area contributed by atoms with Crippen LogP contribution in [0.15, 0.2) is 65.1 Å². The Morgan fingerprint density at radius 2 is 1.35 bits per heavy atom. The molecule has 2 fully saturated rings. The minimum Gasteiger partial charge on any atom is -1.00 e. The highest BCUT2D eigenvalue weighted by Gasteiger charge is 2.47. The molecule has 11 N–H and O–H groups in total. The SMILES string of the molecule is COc1cc(-c2[o+]c3cc(O)cc(O[C@@H]4O[C@H](CO)[C@@H](O)[C@H](O)[C@H]4O)c3cc2O[C@@H]2O[C@H](COC(=O)C=Cc3ccc(O)cc3)[C@@H](O)[C@H](O)[C@H]2O)cc(O)c1O.[Cl-]. The molecule has 3 aromatic carbocycles. The topological polar surface area (TPSA) is 306 Å². The van der Waals surface area contributed by atoms with Gasteiger partial charge in [-0.2, -0.15) is 0 Å². The summed E-state index contributed by atoms with van der Waals surface area (Å²) in [7, 11) is 1.21. The molecule has 308 valence electrons. The van der Waals surface area contributed by atoms with E-state index < -0.39 is 97.8 Å². The second kappa shape index (κ2) is 17.9. The normalized spacial score (nSPS) is 27.4. The van der Waals surface area contributed by atoms with Crippen molar-refractivity contribution in [2.75, 3.05) is 20.3 Å². The number of carbonyl (C=O) groups excluding carboxylic acids is 1. The van der Waals surface area contributed by atoms with Crippen molar-refractivity contribution >= 4 is 23.0 Å². The van der Waals surface area contributed by atoms with Crippen LogP contribution in [-0.4, -0.2) is 144 Å². The molecule has 2 aliphatic heterocycles. The lowest BCUT2D eigenvalue weighted by atomic mass is 9.99. The molecule has 0 saturated carbocycles. The van der Waals surface area contributed by atoms with Crippen LogP contribution in [0.4, 0.5) is 0 Å². The fourth-order valence-corrected chi connectivity index (χ4v) is 5.97. The van der Waals surface area contributed by atoms with Crippen molar-refractivity contribution in [3.05, 3.63) is 66.2 Å². The Hall–Kier alpha value is -5.19. The second-order valence-corrected chi connectivity index (χ2v) is 12.8. The van der Waals surface area contributed by atoms with Crippen LogP contribution in [0.25, 0.3) is 28.4 Å². The first-order chi connectivity index (χ1) is 26.7. The molecule has 0 radical (unpaired) electrons. The largest absolute Gasteiger partial charge is 1.00 e. The molecule has 6 rings (SSSR count). The standard InChI is InChI=1S/C37H38O19.ClH/c1-50-23-9-16(8-20(41)28(23)43)35-24(12-19-21(52-35)10-18(40)11-22(19)53-36-33(48)31(46)29(44)25(13-38)55-36)54-37-34(49)32(47)30(45)26(56-37)14-51-27(42)7-4-15-2-5-17(39)6-3-15;/h2-12,25-26,29-34,36-38,44-49H,13-14H2,1H3,(H3-,39,40,41,42,43);1H/t25-,26-,29-,30-,31+,32+,33-,34-,36-,37-;/m1./s1. The highest BCUT2D eigenvalue weighted by atomic mass is 35.5. The minimum atomic E-state index is -1.94. The number of benzene rings is 3. The van der Waals surface area contributed by atoms with Gasteiger partial charge < -0.3 is 97.0 Å². The zero-order valence-electron chi connectivity index (χ0n) is 29.6. The summed E-state index contributed by atoms with van der Waals surface area (Å²) in [5, 5.41) is 114. The van der Waals surface area contributed by atoms with Gasteiger partial charge in [0.1, 0.15) is 78.1 Å². The van der Waals surface area contributed by atoms with E-state index in [0.717, 1.165) is 24.3 Å². The third-order valence-electron chi connectivity index (χ3n) is 9.04. The smallest absolute Gasteiger partial charge is 0.402 e. The number of phenols is 4. The van der Waals surface area contributed by atoms with Gasteiger partial charge in [-0.1, -0.05) is 12.1 Å². The van der Waals surface area contributed by atoms with Crippen LogP contribution in [-0.2, 0) is 19.0 Å². The lowest BCUT2D eigenvalue weighted by Crippen LogP contribution is -3.00. The summed E-state index contributed by atoms with van der Waals surface area (Å²) in [5.41, 5.74) is 0.420. The number of aromatic hydroxyl groups is 4. The summed E-state index contributed by atoms with van der Waals surface area (Å²) in [6.07, 6.45) is -14.9. The Kier molecular flexibility index (Phi) is 13.5. The van der Waals surface area contributed by atoms with Crippen LogP contribution in [0.3, 0.4) is 0 Å². The Morgan fingerprint density at radius 3 is 1.98 bits per heavy atom. The number of ether oxygens (including phenoxy) is 6. The number of aliphatic hydroxyl groups excluding tert-OH is 7. The summed E-state index contributed by atoms with van der Waals surface area (Å²) in [6, 6.07) is 11.7. The molecule has 1 aromatic heterocycles. The Balaban J connectivity index is 0.00000620. The molecule has 19 nitrogen and oxygen atoms in total. The van der Waals surface area contributed by atoms with Gasteiger partial charge >= 0.3 is 17.3 Å². The summed E-state index contributed by atoms with van der Waals surface area (Å²) >= 11 is 0. The molecule has 0 unspecified atom stereocenters. The van der Waals surface area contributed by atoms with Crippen molar-refractivity contribution in [1.82, 2.24) is 0 Å². The molecule has 0 bridgehead atoms. The van der Waals surface area contributed by atoms with Gasteiger partial charge in [0.25, 0.3) is 0 Å². The fraction of sp³-hybridized carbons (Fsp3) is 0.351. The van der Waals surface area contributed by atoms with E-state index in [-0.39, 0.29) is 57.7 Å². The molecule has 2 aliphatic rings. The summed E-state index contributed by atoms with van der Waals surface area (Å²) in [5.74, 6) is -3.61. The van der Waals surface area contributed by atoms with E-state index in [4.69, 9.17) is 32.8 Å². The molecular formula is C37H39ClO19. The first-order valence-electron chi connectivity index (χ1n) is 16.9. The third kappa shape index (κ3) is 9.18. The maximum Gasteiger partial charge on any atom is 0.402 e. The Bertz CT molecular complexity index is 2060. The highest BCUT2D eigenvalue weighted by Crippen LogP contribution is 2.46. The number of hydrogen-bond acceptors (Lipinski definition) is 18. The average Bonchev–Trinajstić information content (AvgIpc) is 3.18. The zero-order valence-corrected chi connectivity index (χ0v) is 30.4. The molecule has 10 atom stereocenters. The van der Waals surface area contributed by atoms with E-state index in [0.29, 0.717) is 5.56 Å². The molecule has 3 heterocycles. The highest BCUT2D eigenvalue weighted by molar-refractivity contribution is 5.89. The van der Waals surface area contributed by atoms with E-state index in [1.807, 2.05) is 0 Å².